The number of benzene rings is 1. The molecule has 2 unspecified atom stereocenters. The van der Waals surface area contributed by atoms with Gasteiger partial charge in [0.15, 0.2) is 0 Å². The van der Waals surface area contributed by atoms with Crippen molar-refractivity contribution in [3.8, 4) is 0 Å². The molecule has 1 heterocycles. The second-order valence-electron chi connectivity index (χ2n) is 5.35. The van der Waals surface area contributed by atoms with E-state index in [-0.39, 0.29) is 18.1 Å². The summed E-state index contributed by atoms with van der Waals surface area (Å²) >= 11 is 6.07. The molecule has 2 atom stereocenters. The number of nitrogens with zero attached hydrogens (tertiary/aromatic N) is 1. The number of carbonyl (C=O) groups excluding carboxylic acids is 1. The molecule has 2 rings (SSSR count). The highest BCUT2D eigenvalue weighted by Gasteiger charge is 2.38. The SMILES string of the molecule is CCCCC1NC(c2cccc(Cl)c2)N(CCC)C1=O. The fourth-order valence-electron chi connectivity index (χ4n) is 2.73. The van der Waals surface area contributed by atoms with Crippen molar-refractivity contribution in [2.24, 2.45) is 0 Å². The fourth-order valence-corrected chi connectivity index (χ4v) is 2.93. The van der Waals surface area contributed by atoms with Gasteiger partial charge in [-0.05, 0) is 30.5 Å². The van der Waals surface area contributed by atoms with E-state index in [1.165, 1.54) is 0 Å². The molecule has 1 aromatic rings. The molecular formula is C16H23ClN2O. The predicted octanol–water partition coefficient (Wildman–Crippen LogP) is 3.74. The summed E-state index contributed by atoms with van der Waals surface area (Å²) < 4.78 is 0. The van der Waals surface area contributed by atoms with E-state index < -0.39 is 0 Å². The molecule has 110 valence electrons. The summed E-state index contributed by atoms with van der Waals surface area (Å²) in [6.45, 7) is 5.03. The first-order valence-corrected chi connectivity index (χ1v) is 7.87. The van der Waals surface area contributed by atoms with Gasteiger partial charge in [-0.2, -0.15) is 0 Å². The van der Waals surface area contributed by atoms with Crippen LogP contribution in [-0.4, -0.2) is 23.4 Å². The van der Waals surface area contributed by atoms with Gasteiger partial charge < -0.3 is 4.90 Å². The van der Waals surface area contributed by atoms with Crippen molar-refractivity contribution in [1.29, 1.82) is 0 Å². The van der Waals surface area contributed by atoms with Crippen LogP contribution in [0.4, 0.5) is 0 Å². The van der Waals surface area contributed by atoms with Crippen LogP contribution in [0.2, 0.25) is 5.02 Å². The van der Waals surface area contributed by atoms with Gasteiger partial charge in [-0.15, -0.1) is 0 Å². The minimum Gasteiger partial charge on any atom is -0.322 e. The van der Waals surface area contributed by atoms with Crippen LogP contribution < -0.4 is 5.32 Å². The molecule has 1 aliphatic rings. The Morgan fingerprint density at radius 1 is 1.30 bits per heavy atom. The van der Waals surface area contributed by atoms with Crippen LogP contribution in [0, 0.1) is 0 Å². The molecule has 1 fully saturated rings. The summed E-state index contributed by atoms with van der Waals surface area (Å²) in [6.07, 6.45) is 4.02. The lowest BCUT2D eigenvalue weighted by molar-refractivity contribution is -0.130. The lowest BCUT2D eigenvalue weighted by atomic mass is 10.1. The molecule has 1 aliphatic heterocycles. The van der Waals surface area contributed by atoms with Gasteiger partial charge in [0.05, 0.1) is 6.04 Å². The average molecular weight is 295 g/mol. The summed E-state index contributed by atoms with van der Waals surface area (Å²) in [6, 6.07) is 7.72. The number of halogens is 1. The Balaban J connectivity index is 2.19. The summed E-state index contributed by atoms with van der Waals surface area (Å²) in [5.41, 5.74) is 1.07. The molecule has 1 N–H and O–H groups in total. The lowest BCUT2D eigenvalue weighted by Crippen LogP contribution is -2.31. The third-order valence-corrected chi connectivity index (χ3v) is 3.96. The molecule has 0 spiro atoms. The normalized spacial score (nSPS) is 22.6. The number of rotatable bonds is 6. The van der Waals surface area contributed by atoms with Crippen molar-refractivity contribution in [2.45, 2.75) is 51.7 Å². The Kier molecular flexibility index (Phi) is 5.44. The van der Waals surface area contributed by atoms with E-state index in [0.717, 1.165) is 37.8 Å². The maximum atomic E-state index is 12.5. The van der Waals surface area contributed by atoms with E-state index in [1.807, 2.05) is 29.2 Å². The van der Waals surface area contributed by atoms with Crippen LogP contribution in [0.25, 0.3) is 0 Å². The highest BCUT2D eigenvalue weighted by atomic mass is 35.5. The monoisotopic (exact) mass is 294 g/mol. The maximum Gasteiger partial charge on any atom is 0.241 e. The Morgan fingerprint density at radius 3 is 2.75 bits per heavy atom. The Bertz CT molecular complexity index is 464. The number of nitrogens with one attached hydrogen (secondary N) is 1. The Morgan fingerprint density at radius 2 is 2.10 bits per heavy atom. The quantitative estimate of drug-likeness (QED) is 0.867. The number of hydrogen-bond donors (Lipinski definition) is 1. The number of carbonyl (C=O) groups is 1. The van der Waals surface area contributed by atoms with Crippen molar-refractivity contribution in [1.82, 2.24) is 10.2 Å². The third-order valence-electron chi connectivity index (χ3n) is 3.73. The van der Waals surface area contributed by atoms with Crippen LogP contribution in [0.15, 0.2) is 24.3 Å². The third kappa shape index (κ3) is 3.33. The van der Waals surface area contributed by atoms with Gasteiger partial charge in [-0.25, -0.2) is 0 Å². The second-order valence-corrected chi connectivity index (χ2v) is 5.79. The van der Waals surface area contributed by atoms with Gasteiger partial charge >= 0.3 is 0 Å². The van der Waals surface area contributed by atoms with E-state index in [2.05, 4.69) is 19.2 Å². The van der Waals surface area contributed by atoms with E-state index in [1.54, 1.807) is 0 Å². The highest BCUT2D eigenvalue weighted by Crippen LogP contribution is 2.28. The first-order chi connectivity index (χ1) is 9.67. The molecule has 3 nitrogen and oxygen atoms in total. The first-order valence-electron chi connectivity index (χ1n) is 7.49. The van der Waals surface area contributed by atoms with Gasteiger partial charge in [-0.1, -0.05) is 50.4 Å². The van der Waals surface area contributed by atoms with Gasteiger partial charge in [0.1, 0.15) is 6.17 Å². The fraction of sp³-hybridized carbons (Fsp3) is 0.562. The maximum absolute atomic E-state index is 12.5. The lowest BCUT2D eigenvalue weighted by Gasteiger charge is -2.24. The molecule has 0 radical (unpaired) electrons. The molecule has 0 bridgehead atoms. The standard InChI is InChI=1S/C16H23ClN2O/c1-3-5-9-14-16(20)19(10-4-2)15(18-14)12-7-6-8-13(17)11-12/h6-8,11,14-15,18H,3-5,9-10H2,1-2H3. The van der Waals surface area contributed by atoms with Gasteiger partial charge in [0.25, 0.3) is 0 Å². The minimum atomic E-state index is -0.0505. The largest absolute Gasteiger partial charge is 0.322 e. The van der Waals surface area contributed by atoms with Gasteiger partial charge in [0, 0.05) is 11.6 Å². The zero-order chi connectivity index (χ0) is 14.5. The predicted molar refractivity (Wildman–Crippen MR) is 82.6 cm³/mol. The van der Waals surface area contributed by atoms with Crippen LogP contribution in [-0.2, 0) is 4.79 Å². The molecule has 4 heteroatoms. The smallest absolute Gasteiger partial charge is 0.241 e. The van der Waals surface area contributed by atoms with Crippen LogP contribution >= 0.6 is 11.6 Å². The molecule has 1 saturated heterocycles. The van der Waals surface area contributed by atoms with Crippen LogP contribution in [0.3, 0.4) is 0 Å². The molecule has 0 saturated carbocycles. The number of hydrogen-bond acceptors (Lipinski definition) is 2. The first kappa shape index (κ1) is 15.3. The van der Waals surface area contributed by atoms with E-state index in [0.29, 0.717) is 5.02 Å². The average Bonchev–Trinajstić information content (AvgIpc) is 2.74. The van der Waals surface area contributed by atoms with Gasteiger partial charge in [0.2, 0.25) is 5.91 Å². The molecule has 1 aromatic carbocycles. The summed E-state index contributed by atoms with van der Waals surface area (Å²) in [5.74, 6) is 0.227. The van der Waals surface area contributed by atoms with Gasteiger partial charge in [-0.3, -0.25) is 10.1 Å². The number of unbranched alkanes of at least 4 members (excludes halogenated alkanes) is 1. The van der Waals surface area contributed by atoms with Crippen molar-refractivity contribution >= 4 is 17.5 Å². The summed E-state index contributed by atoms with van der Waals surface area (Å²) in [4.78, 5) is 14.5. The Labute approximate surface area is 126 Å². The topological polar surface area (TPSA) is 32.3 Å². The second kappa shape index (κ2) is 7.09. The molecule has 1 amide bonds. The van der Waals surface area contributed by atoms with Crippen molar-refractivity contribution in [3.05, 3.63) is 34.9 Å². The zero-order valence-corrected chi connectivity index (χ0v) is 13.0. The van der Waals surface area contributed by atoms with Crippen molar-refractivity contribution < 1.29 is 4.79 Å². The number of amides is 1. The highest BCUT2D eigenvalue weighted by molar-refractivity contribution is 6.30. The molecule has 0 aliphatic carbocycles. The molecular weight excluding hydrogens is 272 g/mol. The minimum absolute atomic E-state index is 0.0389. The van der Waals surface area contributed by atoms with Crippen LogP contribution in [0.5, 0.6) is 0 Å². The zero-order valence-electron chi connectivity index (χ0n) is 12.2. The summed E-state index contributed by atoms with van der Waals surface area (Å²) in [7, 11) is 0. The van der Waals surface area contributed by atoms with Crippen molar-refractivity contribution in [2.75, 3.05) is 6.54 Å². The van der Waals surface area contributed by atoms with E-state index in [4.69, 9.17) is 11.6 Å². The molecule has 0 aromatic heterocycles. The van der Waals surface area contributed by atoms with E-state index >= 15 is 0 Å². The van der Waals surface area contributed by atoms with E-state index in [9.17, 15) is 4.79 Å². The van der Waals surface area contributed by atoms with Crippen LogP contribution in [0.1, 0.15) is 51.3 Å². The van der Waals surface area contributed by atoms with Crippen molar-refractivity contribution in [3.63, 3.8) is 0 Å². The molecule has 20 heavy (non-hydrogen) atoms. The Hall–Kier alpha value is -1.06. The summed E-state index contributed by atoms with van der Waals surface area (Å²) in [5, 5.41) is 4.18.